The molecule has 0 saturated heterocycles. The fourth-order valence-corrected chi connectivity index (χ4v) is 1.88. The SMILES string of the molecule is CC(C)(C)C1=NN[C@H](NN)SC1. The molecule has 1 aliphatic heterocycles. The van der Waals surface area contributed by atoms with Crippen molar-refractivity contribution in [3.05, 3.63) is 0 Å². The van der Waals surface area contributed by atoms with Gasteiger partial charge in [-0.25, -0.2) is 5.43 Å². The summed E-state index contributed by atoms with van der Waals surface area (Å²) < 4.78 is 0. The predicted molar refractivity (Wildman–Crippen MR) is 53.6 cm³/mol. The van der Waals surface area contributed by atoms with Gasteiger partial charge in [-0.1, -0.05) is 20.8 Å². The highest BCUT2D eigenvalue weighted by atomic mass is 32.2. The lowest BCUT2D eigenvalue weighted by molar-refractivity contribution is 0.539. The fourth-order valence-electron chi connectivity index (χ4n) is 0.838. The van der Waals surface area contributed by atoms with E-state index in [-0.39, 0.29) is 10.9 Å². The van der Waals surface area contributed by atoms with Crippen molar-refractivity contribution in [1.29, 1.82) is 0 Å². The van der Waals surface area contributed by atoms with E-state index in [2.05, 4.69) is 36.7 Å². The number of rotatable bonds is 1. The standard InChI is InChI=1S/C7H16N4S/c1-7(2,3)5-4-12-6(9-8)11-10-5/h6,9,11H,4,8H2,1-3H3/t6-/m0/s1. The Hall–Kier alpha value is -0.260. The summed E-state index contributed by atoms with van der Waals surface area (Å²) in [5, 5.41) is 4.26. The van der Waals surface area contributed by atoms with E-state index in [1.54, 1.807) is 11.8 Å². The Morgan fingerprint density at radius 1 is 1.67 bits per heavy atom. The molecule has 5 heteroatoms. The van der Waals surface area contributed by atoms with E-state index in [0.29, 0.717) is 0 Å². The lowest BCUT2D eigenvalue weighted by Gasteiger charge is -2.28. The summed E-state index contributed by atoms with van der Waals surface area (Å²) >= 11 is 1.72. The van der Waals surface area contributed by atoms with Crippen molar-refractivity contribution in [3.63, 3.8) is 0 Å². The highest BCUT2D eigenvalue weighted by molar-refractivity contribution is 8.00. The largest absolute Gasteiger partial charge is 0.282 e. The van der Waals surface area contributed by atoms with Gasteiger partial charge in [0.1, 0.15) is 0 Å². The second-order valence-electron chi connectivity index (χ2n) is 3.80. The monoisotopic (exact) mass is 188 g/mol. The van der Waals surface area contributed by atoms with E-state index in [4.69, 9.17) is 5.84 Å². The molecule has 0 radical (unpaired) electrons. The summed E-state index contributed by atoms with van der Waals surface area (Å²) in [6.07, 6.45) is 0. The second-order valence-corrected chi connectivity index (χ2v) is 4.89. The molecule has 0 aromatic carbocycles. The molecule has 0 bridgehead atoms. The fraction of sp³-hybridized carbons (Fsp3) is 0.857. The molecule has 70 valence electrons. The molecule has 0 amide bonds. The number of nitrogens with two attached hydrogens (primary N) is 1. The smallest absolute Gasteiger partial charge is 0.153 e. The molecule has 1 rings (SSSR count). The summed E-state index contributed by atoms with van der Waals surface area (Å²) in [7, 11) is 0. The number of hydrazone groups is 1. The average Bonchev–Trinajstić information content (AvgIpc) is 2.03. The Morgan fingerprint density at radius 3 is 2.67 bits per heavy atom. The molecule has 4 N–H and O–H groups in total. The van der Waals surface area contributed by atoms with E-state index in [9.17, 15) is 0 Å². The quantitative estimate of drug-likeness (QED) is 0.413. The van der Waals surface area contributed by atoms with Crippen molar-refractivity contribution < 1.29 is 0 Å². The first-order valence-electron chi connectivity index (χ1n) is 3.94. The highest BCUT2D eigenvalue weighted by Crippen LogP contribution is 2.22. The highest BCUT2D eigenvalue weighted by Gasteiger charge is 2.23. The van der Waals surface area contributed by atoms with Crippen LogP contribution in [0.2, 0.25) is 0 Å². The number of hydrazine groups is 1. The van der Waals surface area contributed by atoms with Gasteiger partial charge in [-0.3, -0.25) is 11.3 Å². The van der Waals surface area contributed by atoms with Crippen LogP contribution < -0.4 is 16.7 Å². The van der Waals surface area contributed by atoms with Gasteiger partial charge in [0.15, 0.2) is 5.50 Å². The van der Waals surface area contributed by atoms with Crippen LogP contribution in [-0.4, -0.2) is 17.0 Å². The van der Waals surface area contributed by atoms with E-state index in [1.165, 1.54) is 5.71 Å². The number of hydrogen-bond donors (Lipinski definition) is 3. The van der Waals surface area contributed by atoms with Gasteiger partial charge in [-0.2, -0.15) is 5.10 Å². The summed E-state index contributed by atoms with van der Waals surface area (Å²) in [4.78, 5) is 0. The Morgan fingerprint density at radius 2 is 2.33 bits per heavy atom. The molecular weight excluding hydrogens is 172 g/mol. The molecule has 1 heterocycles. The third-order valence-electron chi connectivity index (χ3n) is 1.72. The second kappa shape index (κ2) is 3.64. The summed E-state index contributed by atoms with van der Waals surface area (Å²) in [6, 6.07) is 0. The molecule has 12 heavy (non-hydrogen) atoms. The first kappa shape index (κ1) is 9.83. The van der Waals surface area contributed by atoms with Crippen molar-refractivity contribution >= 4 is 17.5 Å². The van der Waals surface area contributed by atoms with E-state index < -0.39 is 0 Å². The van der Waals surface area contributed by atoms with Crippen LogP contribution in [0.5, 0.6) is 0 Å². The molecule has 0 aromatic rings. The maximum atomic E-state index is 5.26. The van der Waals surface area contributed by atoms with Crippen LogP contribution in [0.3, 0.4) is 0 Å². The molecule has 1 atom stereocenters. The third-order valence-corrected chi connectivity index (χ3v) is 2.74. The summed E-state index contributed by atoms with van der Waals surface area (Å²) in [5.74, 6) is 6.19. The minimum absolute atomic E-state index is 0.0519. The Balaban J connectivity index is 2.56. The number of nitrogens with one attached hydrogen (secondary N) is 2. The normalized spacial score (nSPS) is 24.7. The van der Waals surface area contributed by atoms with E-state index >= 15 is 0 Å². The number of thioether (sulfide) groups is 1. The van der Waals surface area contributed by atoms with Gasteiger partial charge in [0.2, 0.25) is 0 Å². The van der Waals surface area contributed by atoms with Gasteiger partial charge in [0, 0.05) is 11.2 Å². The number of hydrogen-bond acceptors (Lipinski definition) is 5. The van der Waals surface area contributed by atoms with Crippen molar-refractivity contribution in [3.8, 4) is 0 Å². The zero-order valence-corrected chi connectivity index (χ0v) is 8.53. The number of nitrogens with zero attached hydrogens (tertiary/aromatic N) is 1. The molecule has 1 aliphatic rings. The summed E-state index contributed by atoms with van der Waals surface area (Å²) in [6.45, 7) is 6.47. The molecule has 0 fully saturated rings. The average molecular weight is 188 g/mol. The van der Waals surface area contributed by atoms with Gasteiger partial charge < -0.3 is 0 Å². The van der Waals surface area contributed by atoms with Crippen molar-refractivity contribution in [2.45, 2.75) is 26.3 Å². The first-order chi connectivity index (χ1) is 5.54. The predicted octanol–water partition coefficient (Wildman–Crippen LogP) is 0.472. The van der Waals surface area contributed by atoms with Crippen LogP contribution in [0.25, 0.3) is 0 Å². The van der Waals surface area contributed by atoms with Crippen LogP contribution in [0.4, 0.5) is 0 Å². The van der Waals surface area contributed by atoms with Crippen molar-refractivity contribution in [2.75, 3.05) is 5.75 Å². The van der Waals surface area contributed by atoms with Gasteiger partial charge in [-0.05, 0) is 0 Å². The zero-order valence-electron chi connectivity index (χ0n) is 7.72. The third kappa shape index (κ3) is 2.36. The van der Waals surface area contributed by atoms with E-state index in [1.807, 2.05) is 0 Å². The van der Waals surface area contributed by atoms with Crippen LogP contribution in [0, 0.1) is 5.41 Å². The molecule has 0 aromatic heterocycles. The minimum atomic E-state index is 0.0519. The molecule has 0 saturated carbocycles. The van der Waals surface area contributed by atoms with Crippen LogP contribution in [0.1, 0.15) is 20.8 Å². The Bertz CT molecular complexity index is 184. The maximum Gasteiger partial charge on any atom is 0.153 e. The molecule has 4 nitrogen and oxygen atoms in total. The van der Waals surface area contributed by atoms with Gasteiger partial charge in [0.25, 0.3) is 0 Å². The lowest BCUT2D eigenvalue weighted by Crippen LogP contribution is -2.46. The summed E-state index contributed by atoms with van der Waals surface area (Å²) in [5.41, 5.74) is 6.94. The zero-order chi connectivity index (χ0) is 9.19. The molecule has 0 spiro atoms. The van der Waals surface area contributed by atoms with E-state index in [0.717, 1.165) is 5.75 Å². The molecule has 0 unspecified atom stereocenters. The Kier molecular flexibility index (Phi) is 2.98. The van der Waals surface area contributed by atoms with Gasteiger partial charge in [0.05, 0.1) is 5.71 Å². The van der Waals surface area contributed by atoms with Gasteiger partial charge in [-0.15, -0.1) is 11.8 Å². The van der Waals surface area contributed by atoms with Crippen LogP contribution in [0.15, 0.2) is 5.10 Å². The van der Waals surface area contributed by atoms with Crippen LogP contribution in [-0.2, 0) is 0 Å². The van der Waals surface area contributed by atoms with Gasteiger partial charge >= 0.3 is 0 Å². The van der Waals surface area contributed by atoms with Crippen LogP contribution >= 0.6 is 11.8 Å². The molecular formula is C7H16N4S. The first-order valence-corrected chi connectivity index (χ1v) is 4.99. The topological polar surface area (TPSA) is 62.4 Å². The Labute approximate surface area is 77.3 Å². The van der Waals surface area contributed by atoms with Crippen molar-refractivity contribution in [2.24, 2.45) is 16.4 Å². The molecule has 0 aliphatic carbocycles. The van der Waals surface area contributed by atoms with Crippen molar-refractivity contribution in [1.82, 2.24) is 10.9 Å². The minimum Gasteiger partial charge on any atom is -0.282 e. The lowest BCUT2D eigenvalue weighted by atomic mass is 9.91. The maximum absolute atomic E-state index is 5.26.